The van der Waals surface area contributed by atoms with E-state index in [0.717, 1.165) is 22.6 Å². The third kappa shape index (κ3) is 9.17. The molecule has 3 aromatic rings. The maximum atomic E-state index is 12.1. The number of pyridine rings is 1. The molecule has 0 aliphatic carbocycles. The average molecular weight is 480 g/mol. The molecular weight excluding hydrogens is 446 g/mol. The van der Waals surface area contributed by atoms with Crippen molar-refractivity contribution in [2.45, 2.75) is 19.1 Å². The van der Waals surface area contributed by atoms with Gasteiger partial charge < -0.3 is 29.2 Å². The van der Waals surface area contributed by atoms with Crippen LogP contribution in [0, 0.1) is 0 Å². The van der Waals surface area contributed by atoms with Crippen LogP contribution in [0.4, 0.5) is 10.5 Å². The van der Waals surface area contributed by atoms with Crippen LogP contribution in [0.5, 0.6) is 11.6 Å². The van der Waals surface area contributed by atoms with E-state index in [4.69, 9.17) is 18.9 Å². The quantitative estimate of drug-likeness (QED) is 0.370. The van der Waals surface area contributed by atoms with Gasteiger partial charge in [-0.2, -0.15) is 0 Å². The Kier molecular flexibility index (Phi) is 10.2. The first-order valence-electron chi connectivity index (χ1n) is 11.5. The van der Waals surface area contributed by atoms with E-state index in [1.807, 2.05) is 79.7 Å². The second-order valence-corrected chi connectivity index (χ2v) is 8.07. The third-order valence-electron chi connectivity index (χ3n) is 5.24. The van der Waals surface area contributed by atoms with E-state index in [2.05, 4.69) is 10.3 Å². The van der Waals surface area contributed by atoms with Crippen molar-refractivity contribution in [3.63, 3.8) is 0 Å². The summed E-state index contributed by atoms with van der Waals surface area (Å²) in [6.45, 7) is 1.09. The Bertz CT molecular complexity index is 1010. The lowest BCUT2D eigenvalue weighted by molar-refractivity contribution is -0.00170. The molecule has 0 fully saturated rings. The molecule has 0 spiro atoms. The largest absolute Gasteiger partial charge is 0.497 e. The van der Waals surface area contributed by atoms with Gasteiger partial charge in [0.05, 0.1) is 19.8 Å². The maximum absolute atomic E-state index is 12.1. The van der Waals surface area contributed by atoms with Gasteiger partial charge >= 0.3 is 6.09 Å². The van der Waals surface area contributed by atoms with Gasteiger partial charge in [0.15, 0.2) is 0 Å². The number of ether oxygens (including phenoxy) is 4. The highest BCUT2D eigenvalue weighted by molar-refractivity contribution is 5.67. The average Bonchev–Trinajstić information content (AvgIpc) is 2.89. The minimum absolute atomic E-state index is 0.133. The predicted molar refractivity (Wildman–Crippen MR) is 135 cm³/mol. The van der Waals surface area contributed by atoms with Crippen LogP contribution in [0.3, 0.4) is 0 Å². The van der Waals surface area contributed by atoms with Gasteiger partial charge in [-0.1, -0.05) is 30.3 Å². The number of amides is 1. The lowest BCUT2D eigenvalue weighted by atomic mass is 10.1. The van der Waals surface area contributed by atoms with Crippen molar-refractivity contribution in [1.29, 1.82) is 0 Å². The van der Waals surface area contributed by atoms with Crippen LogP contribution in [-0.2, 0) is 22.4 Å². The second-order valence-electron chi connectivity index (χ2n) is 8.07. The van der Waals surface area contributed by atoms with Crippen LogP contribution in [0.1, 0.15) is 11.1 Å². The van der Waals surface area contributed by atoms with Gasteiger partial charge in [-0.15, -0.1) is 0 Å². The topological polar surface area (TPSA) is 82.1 Å². The number of carbonyl (C=O) groups is 1. The molecule has 8 nitrogen and oxygen atoms in total. The Hall–Kier alpha value is -3.78. The fourth-order valence-electron chi connectivity index (χ4n) is 3.29. The summed E-state index contributed by atoms with van der Waals surface area (Å²) in [4.78, 5) is 18.3. The zero-order valence-electron chi connectivity index (χ0n) is 20.5. The summed E-state index contributed by atoms with van der Waals surface area (Å²) in [5.41, 5.74) is 3.18. The molecule has 3 rings (SSSR count). The molecule has 35 heavy (non-hydrogen) atoms. The van der Waals surface area contributed by atoms with Crippen LogP contribution in [-0.4, -0.2) is 58.2 Å². The van der Waals surface area contributed by atoms with Gasteiger partial charge in [-0.3, -0.25) is 0 Å². The number of nitrogens with one attached hydrogen (secondary N) is 1. The normalized spacial score (nSPS) is 11.4. The summed E-state index contributed by atoms with van der Waals surface area (Å²) < 4.78 is 22.3. The number of alkyl carbamates (subject to hydrolysis) is 1. The summed E-state index contributed by atoms with van der Waals surface area (Å²) in [5.74, 6) is 1.33. The second kappa shape index (κ2) is 13.8. The number of rotatable bonds is 13. The smallest absolute Gasteiger partial charge is 0.407 e. The van der Waals surface area contributed by atoms with Crippen molar-refractivity contribution in [3.8, 4) is 11.6 Å². The molecule has 0 saturated heterocycles. The van der Waals surface area contributed by atoms with E-state index in [1.165, 1.54) is 0 Å². The number of anilines is 1. The van der Waals surface area contributed by atoms with Gasteiger partial charge in [0.25, 0.3) is 0 Å². The number of benzene rings is 2. The predicted octanol–water partition coefficient (Wildman–Crippen LogP) is 4.09. The number of nitrogens with zero attached hydrogens (tertiary/aromatic N) is 2. The van der Waals surface area contributed by atoms with Crippen molar-refractivity contribution in [2.24, 2.45) is 0 Å². The molecule has 0 aliphatic rings. The van der Waals surface area contributed by atoms with Gasteiger partial charge in [-0.25, -0.2) is 9.78 Å². The summed E-state index contributed by atoms with van der Waals surface area (Å²) in [7, 11) is 5.61. The lowest BCUT2D eigenvalue weighted by Crippen LogP contribution is -2.28. The van der Waals surface area contributed by atoms with Crippen LogP contribution < -0.4 is 19.7 Å². The number of hydrogen-bond acceptors (Lipinski definition) is 7. The Labute approximate surface area is 206 Å². The van der Waals surface area contributed by atoms with E-state index in [1.54, 1.807) is 19.4 Å². The van der Waals surface area contributed by atoms with E-state index < -0.39 is 6.09 Å². The zero-order valence-corrected chi connectivity index (χ0v) is 20.5. The van der Waals surface area contributed by atoms with Crippen LogP contribution in [0.2, 0.25) is 0 Å². The van der Waals surface area contributed by atoms with Crippen molar-refractivity contribution in [3.05, 3.63) is 84.1 Å². The first-order chi connectivity index (χ1) is 17.0. The Balaban J connectivity index is 1.43. The standard InChI is InChI=1S/C27H33N3O5/c1-30(2)23-11-7-22(8-12-23)19-29-27(31)34-17-16-33-25(20-35-26-6-4-5-15-28-26)18-21-9-13-24(32-3)14-10-21/h4-15,25H,16-20H2,1-3H3,(H,29,31). The number of carbonyl (C=O) groups excluding carboxylic acids is 1. The lowest BCUT2D eigenvalue weighted by Gasteiger charge is -2.19. The minimum atomic E-state index is -0.485. The summed E-state index contributed by atoms with van der Waals surface area (Å²) in [5, 5.41) is 2.76. The molecule has 1 aromatic heterocycles. The van der Waals surface area contributed by atoms with E-state index in [9.17, 15) is 4.79 Å². The van der Waals surface area contributed by atoms with Crippen molar-refractivity contribution in [2.75, 3.05) is 45.9 Å². The van der Waals surface area contributed by atoms with Crippen LogP contribution in [0.25, 0.3) is 0 Å². The number of aromatic nitrogens is 1. The molecule has 1 N–H and O–H groups in total. The molecule has 0 radical (unpaired) electrons. The van der Waals surface area contributed by atoms with Crippen molar-refractivity contribution in [1.82, 2.24) is 10.3 Å². The zero-order chi connectivity index (χ0) is 24.9. The first-order valence-corrected chi connectivity index (χ1v) is 11.5. The van der Waals surface area contributed by atoms with Crippen molar-refractivity contribution >= 4 is 11.8 Å². The number of hydrogen-bond donors (Lipinski definition) is 1. The Morgan fingerprint density at radius 3 is 2.37 bits per heavy atom. The monoisotopic (exact) mass is 479 g/mol. The molecule has 1 unspecified atom stereocenters. The SMILES string of the molecule is COc1ccc(CC(COc2ccccn2)OCCOC(=O)NCc2ccc(N(C)C)cc2)cc1. The molecule has 0 aliphatic heterocycles. The Morgan fingerprint density at radius 2 is 1.71 bits per heavy atom. The molecule has 1 heterocycles. The summed E-state index contributed by atoms with van der Waals surface area (Å²) in [6, 6.07) is 21.3. The van der Waals surface area contributed by atoms with E-state index in [0.29, 0.717) is 25.5 Å². The fourth-order valence-corrected chi connectivity index (χ4v) is 3.29. The van der Waals surface area contributed by atoms with Crippen LogP contribution >= 0.6 is 0 Å². The fraction of sp³-hybridized carbons (Fsp3) is 0.333. The molecule has 8 heteroatoms. The minimum Gasteiger partial charge on any atom is -0.497 e. The molecule has 0 bridgehead atoms. The molecule has 186 valence electrons. The van der Waals surface area contributed by atoms with Gasteiger partial charge in [-0.05, 0) is 41.5 Å². The van der Waals surface area contributed by atoms with E-state index in [-0.39, 0.29) is 19.3 Å². The summed E-state index contributed by atoms with van der Waals surface area (Å²) in [6.07, 6.45) is 1.58. The highest BCUT2D eigenvalue weighted by Gasteiger charge is 2.13. The molecule has 2 aromatic carbocycles. The summed E-state index contributed by atoms with van der Waals surface area (Å²) >= 11 is 0. The van der Waals surface area contributed by atoms with Gasteiger partial charge in [0.2, 0.25) is 5.88 Å². The van der Waals surface area contributed by atoms with Gasteiger partial charge in [0, 0.05) is 45.0 Å². The maximum Gasteiger partial charge on any atom is 0.407 e. The molecule has 1 atom stereocenters. The highest BCUT2D eigenvalue weighted by Crippen LogP contribution is 2.15. The first kappa shape index (κ1) is 25.8. The molecule has 1 amide bonds. The number of methoxy groups -OCH3 is 1. The molecular formula is C27H33N3O5. The van der Waals surface area contributed by atoms with Crippen LogP contribution in [0.15, 0.2) is 72.9 Å². The third-order valence-corrected chi connectivity index (χ3v) is 5.24. The molecule has 0 saturated carbocycles. The van der Waals surface area contributed by atoms with Crippen molar-refractivity contribution < 1.29 is 23.7 Å². The van der Waals surface area contributed by atoms with E-state index >= 15 is 0 Å². The Morgan fingerprint density at radius 1 is 0.971 bits per heavy atom. The highest BCUT2D eigenvalue weighted by atomic mass is 16.6. The van der Waals surface area contributed by atoms with Gasteiger partial charge in [0.1, 0.15) is 19.0 Å².